The van der Waals surface area contributed by atoms with Crippen molar-refractivity contribution in [3.8, 4) is 0 Å². The minimum atomic E-state index is -0.334. The highest BCUT2D eigenvalue weighted by molar-refractivity contribution is 6.31. The van der Waals surface area contributed by atoms with Gasteiger partial charge in [0.05, 0.1) is 17.4 Å². The van der Waals surface area contributed by atoms with Crippen LogP contribution in [0.4, 0.5) is 4.39 Å². The zero-order valence-electron chi connectivity index (χ0n) is 12.0. The van der Waals surface area contributed by atoms with Crippen molar-refractivity contribution in [3.05, 3.63) is 57.6 Å². The van der Waals surface area contributed by atoms with E-state index in [-0.39, 0.29) is 11.9 Å². The lowest BCUT2D eigenvalue weighted by atomic mass is 9.96. The molecule has 6 heteroatoms. The van der Waals surface area contributed by atoms with E-state index in [0.29, 0.717) is 17.0 Å². The molecule has 1 aromatic carbocycles. The highest BCUT2D eigenvalue weighted by atomic mass is 35.5. The van der Waals surface area contributed by atoms with Crippen molar-refractivity contribution in [2.75, 3.05) is 0 Å². The summed E-state index contributed by atoms with van der Waals surface area (Å²) >= 11 is 6.09. The van der Waals surface area contributed by atoms with Crippen molar-refractivity contribution in [2.24, 2.45) is 5.84 Å². The number of nitrogens with one attached hydrogen (secondary N) is 1. The van der Waals surface area contributed by atoms with Crippen LogP contribution in [0, 0.1) is 12.7 Å². The summed E-state index contributed by atoms with van der Waals surface area (Å²) in [7, 11) is 0. The molecule has 2 aromatic rings. The molecular formula is C15H18ClFN4. The number of hydrogen-bond donors (Lipinski definition) is 2. The van der Waals surface area contributed by atoms with Crippen molar-refractivity contribution in [3.63, 3.8) is 0 Å². The van der Waals surface area contributed by atoms with Crippen molar-refractivity contribution in [1.29, 1.82) is 0 Å². The molecule has 0 saturated carbocycles. The van der Waals surface area contributed by atoms with Gasteiger partial charge in [0.2, 0.25) is 0 Å². The van der Waals surface area contributed by atoms with Gasteiger partial charge in [0.25, 0.3) is 0 Å². The summed E-state index contributed by atoms with van der Waals surface area (Å²) in [6.45, 7) is 3.85. The van der Waals surface area contributed by atoms with E-state index in [1.165, 1.54) is 6.07 Å². The largest absolute Gasteiger partial charge is 0.271 e. The van der Waals surface area contributed by atoms with Crippen molar-refractivity contribution < 1.29 is 4.39 Å². The zero-order valence-corrected chi connectivity index (χ0v) is 12.8. The van der Waals surface area contributed by atoms with E-state index >= 15 is 0 Å². The number of halogens is 2. The average molecular weight is 309 g/mol. The lowest BCUT2D eigenvalue weighted by molar-refractivity contribution is 0.522. The second-order valence-electron chi connectivity index (χ2n) is 4.86. The fraction of sp³-hybridized carbons (Fsp3) is 0.333. The highest BCUT2D eigenvalue weighted by Gasteiger charge is 2.19. The lowest BCUT2D eigenvalue weighted by Gasteiger charge is -2.20. The third-order valence-electron chi connectivity index (χ3n) is 3.41. The van der Waals surface area contributed by atoms with Crippen LogP contribution >= 0.6 is 11.6 Å². The Morgan fingerprint density at radius 1 is 1.38 bits per heavy atom. The smallest absolute Gasteiger partial charge is 0.127 e. The average Bonchev–Trinajstić information content (AvgIpc) is 2.47. The van der Waals surface area contributed by atoms with Gasteiger partial charge in [-0.15, -0.1) is 0 Å². The number of nitrogens with zero attached hydrogens (tertiary/aromatic N) is 2. The molecule has 1 heterocycles. The molecular weight excluding hydrogens is 291 g/mol. The van der Waals surface area contributed by atoms with Crippen LogP contribution < -0.4 is 11.3 Å². The summed E-state index contributed by atoms with van der Waals surface area (Å²) < 4.78 is 13.9. The SMILES string of the molecule is CCc1nnc(C)cc1C(Cc1c(F)cccc1Cl)NN. The number of hydrogen-bond acceptors (Lipinski definition) is 4. The molecule has 0 fully saturated rings. The number of benzene rings is 1. The van der Waals surface area contributed by atoms with Crippen LogP contribution in [-0.2, 0) is 12.8 Å². The molecule has 1 aromatic heterocycles. The van der Waals surface area contributed by atoms with Crippen LogP contribution in [0.5, 0.6) is 0 Å². The Hall–Kier alpha value is -1.56. The Balaban J connectivity index is 2.39. The summed E-state index contributed by atoms with van der Waals surface area (Å²) in [5, 5.41) is 8.63. The molecule has 0 amide bonds. The number of aryl methyl sites for hydroxylation is 2. The number of aromatic nitrogens is 2. The van der Waals surface area contributed by atoms with Crippen LogP contribution in [0.1, 0.15) is 35.5 Å². The van der Waals surface area contributed by atoms with Gasteiger partial charge in [-0.2, -0.15) is 10.2 Å². The molecule has 0 spiro atoms. The Morgan fingerprint density at radius 3 is 2.76 bits per heavy atom. The van der Waals surface area contributed by atoms with Crippen LogP contribution in [0.15, 0.2) is 24.3 Å². The molecule has 1 atom stereocenters. The molecule has 112 valence electrons. The fourth-order valence-electron chi connectivity index (χ4n) is 2.30. The van der Waals surface area contributed by atoms with Crippen molar-refractivity contribution in [1.82, 2.24) is 15.6 Å². The Kier molecular flexibility index (Phi) is 5.22. The minimum Gasteiger partial charge on any atom is -0.271 e. The summed E-state index contributed by atoms with van der Waals surface area (Å²) in [6, 6.07) is 6.30. The summed E-state index contributed by atoms with van der Waals surface area (Å²) in [5.74, 6) is 5.33. The van der Waals surface area contributed by atoms with Crippen LogP contribution in [-0.4, -0.2) is 10.2 Å². The standard InChI is InChI=1S/C15H18ClFN4/c1-3-14-11(7-9(2)20-21-14)15(19-18)8-10-12(16)5-4-6-13(10)17/h4-7,15,19H,3,8,18H2,1-2H3. The van der Waals surface area contributed by atoms with Gasteiger partial charge in [0.15, 0.2) is 0 Å². The van der Waals surface area contributed by atoms with Gasteiger partial charge >= 0.3 is 0 Å². The normalized spacial score (nSPS) is 12.4. The molecule has 4 nitrogen and oxygen atoms in total. The van der Waals surface area contributed by atoms with Gasteiger partial charge in [-0.1, -0.05) is 24.6 Å². The third-order valence-corrected chi connectivity index (χ3v) is 3.76. The van der Waals surface area contributed by atoms with E-state index in [0.717, 1.165) is 23.4 Å². The second-order valence-corrected chi connectivity index (χ2v) is 5.27. The lowest BCUT2D eigenvalue weighted by Crippen LogP contribution is -2.31. The van der Waals surface area contributed by atoms with Gasteiger partial charge < -0.3 is 0 Å². The Morgan fingerprint density at radius 2 is 2.14 bits per heavy atom. The van der Waals surface area contributed by atoms with Gasteiger partial charge in [0.1, 0.15) is 5.82 Å². The third kappa shape index (κ3) is 3.56. The maximum Gasteiger partial charge on any atom is 0.127 e. The maximum absolute atomic E-state index is 13.9. The molecule has 0 radical (unpaired) electrons. The van der Waals surface area contributed by atoms with E-state index < -0.39 is 0 Å². The van der Waals surface area contributed by atoms with E-state index in [1.807, 2.05) is 19.9 Å². The van der Waals surface area contributed by atoms with Gasteiger partial charge in [-0.25, -0.2) is 4.39 Å². The van der Waals surface area contributed by atoms with Crippen LogP contribution in [0.2, 0.25) is 5.02 Å². The molecule has 0 bridgehead atoms. The number of hydrazine groups is 1. The van der Waals surface area contributed by atoms with E-state index in [4.69, 9.17) is 17.4 Å². The Labute approximate surface area is 128 Å². The molecule has 21 heavy (non-hydrogen) atoms. The first-order chi connectivity index (χ1) is 10.1. The van der Waals surface area contributed by atoms with Crippen LogP contribution in [0.25, 0.3) is 0 Å². The molecule has 0 aliphatic heterocycles. The monoisotopic (exact) mass is 308 g/mol. The first kappa shape index (κ1) is 15.8. The summed E-state index contributed by atoms with van der Waals surface area (Å²) in [6.07, 6.45) is 1.08. The molecule has 2 rings (SSSR count). The predicted molar refractivity (Wildman–Crippen MR) is 81.3 cm³/mol. The van der Waals surface area contributed by atoms with Crippen molar-refractivity contribution in [2.45, 2.75) is 32.7 Å². The van der Waals surface area contributed by atoms with E-state index in [9.17, 15) is 4.39 Å². The first-order valence-electron chi connectivity index (χ1n) is 6.79. The summed E-state index contributed by atoms with van der Waals surface area (Å²) in [5.41, 5.74) is 5.73. The summed E-state index contributed by atoms with van der Waals surface area (Å²) in [4.78, 5) is 0. The topological polar surface area (TPSA) is 63.8 Å². The van der Waals surface area contributed by atoms with E-state index in [1.54, 1.807) is 12.1 Å². The molecule has 0 aliphatic carbocycles. The minimum absolute atomic E-state index is 0.274. The molecule has 0 aliphatic rings. The molecule has 0 saturated heterocycles. The predicted octanol–water partition coefficient (Wildman–Crippen LogP) is 2.89. The zero-order chi connectivity index (χ0) is 15.4. The van der Waals surface area contributed by atoms with E-state index in [2.05, 4.69) is 15.6 Å². The van der Waals surface area contributed by atoms with Crippen molar-refractivity contribution >= 4 is 11.6 Å². The Bertz CT molecular complexity index is 613. The molecule has 1 unspecified atom stereocenters. The highest BCUT2D eigenvalue weighted by Crippen LogP contribution is 2.27. The number of rotatable bonds is 5. The maximum atomic E-state index is 13.9. The van der Waals surface area contributed by atoms with Gasteiger partial charge in [0, 0.05) is 10.6 Å². The van der Waals surface area contributed by atoms with Gasteiger partial charge in [-0.05, 0) is 43.5 Å². The first-order valence-corrected chi connectivity index (χ1v) is 7.16. The second kappa shape index (κ2) is 6.93. The van der Waals surface area contributed by atoms with Crippen LogP contribution in [0.3, 0.4) is 0 Å². The quantitative estimate of drug-likeness (QED) is 0.658. The fourth-order valence-corrected chi connectivity index (χ4v) is 2.54. The molecule has 3 N–H and O–H groups in total. The number of nitrogens with two attached hydrogens (primary N) is 1. The van der Waals surface area contributed by atoms with Gasteiger partial charge in [-0.3, -0.25) is 11.3 Å².